The number of hydrogen-bond acceptors (Lipinski definition) is 9. The van der Waals surface area contributed by atoms with Crippen molar-refractivity contribution in [2.45, 2.75) is 104 Å². The SMILES string of the molecule is C=C(C)c1ccc(OC)cc1-c1c(O)cc(C(C)(C)CCCCCO[N+](=O)OCCCCCC(C)(C)c2cc(O)c(-c3cc(OC)ccc3C(=C)C)c(O)c2)cc1O. The van der Waals surface area contributed by atoms with E-state index in [-0.39, 0.29) is 52.1 Å². The van der Waals surface area contributed by atoms with Gasteiger partial charge in [0.25, 0.3) is 0 Å². The molecule has 0 aromatic heterocycles. The van der Waals surface area contributed by atoms with Crippen molar-refractivity contribution in [1.29, 1.82) is 0 Å². The fourth-order valence-corrected chi connectivity index (χ4v) is 7.31. The van der Waals surface area contributed by atoms with Gasteiger partial charge in [-0.2, -0.15) is 9.68 Å². The summed E-state index contributed by atoms with van der Waals surface area (Å²) in [4.78, 5) is 22.6. The minimum Gasteiger partial charge on any atom is -0.507 e. The van der Waals surface area contributed by atoms with Crippen molar-refractivity contribution in [1.82, 2.24) is 0 Å². The molecule has 0 saturated carbocycles. The van der Waals surface area contributed by atoms with Gasteiger partial charge in [-0.05, 0) is 134 Å². The summed E-state index contributed by atoms with van der Waals surface area (Å²) in [6, 6.07) is 17.8. The van der Waals surface area contributed by atoms with Crippen molar-refractivity contribution in [2.75, 3.05) is 27.4 Å². The summed E-state index contributed by atoms with van der Waals surface area (Å²) in [5.41, 5.74) is 6.19. The molecule has 0 amide bonds. The summed E-state index contributed by atoms with van der Waals surface area (Å²) < 4.78 is 10.8. The molecule has 0 saturated heterocycles. The first kappa shape index (κ1) is 45.1. The molecule has 0 radical (unpaired) electrons. The predicted octanol–water partition coefficient (Wildman–Crippen LogP) is 11.9. The van der Waals surface area contributed by atoms with Gasteiger partial charge >= 0.3 is 5.09 Å². The first-order chi connectivity index (χ1) is 27.4. The van der Waals surface area contributed by atoms with E-state index < -0.39 is 0 Å². The fraction of sp³-hybridized carbons (Fsp3) is 0.417. The fourth-order valence-electron chi connectivity index (χ4n) is 7.31. The third-order valence-corrected chi connectivity index (χ3v) is 11.0. The molecule has 0 atom stereocenters. The highest BCUT2D eigenvalue weighted by Gasteiger charge is 2.27. The minimum atomic E-state index is -0.330. The lowest BCUT2D eigenvalue weighted by Gasteiger charge is -2.27. The Kier molecular flexibility index (Phi) is 15.3. The maximum absolute atomic E-state index is 12.1. The highest BCUT2D eigenvalue weighted by Crippen LogP contribution is 2.47. The third-order valence-electron chi connectivity index (χ3n) is 11.0. The van der Waals surface area contributed by atoms with Crippen molar-refractivity contribution in [3.05, 3.63) is 101 Å². The van der Waals surface area contributed by atoms with Crippen LogP contribution in [0.2, 0.25) is 0 Å². The van der Waals surface area contributed by atoms with Gasteiger partial charge in [-0.1, -0.05) is 77.0 Å². The zero-order valence-corrected chi connectivity index (χ0v) is 35.5. The van der Waals surface area contributed by atoms with E-state index >= 15 is 0 Å². The molecule has 0 aliphatic carbocycles. The first-order valence-corrected chi connectivity index (χ1v) is 19.9. The van der Waals surface area contributed by atoms with Crippen molar-refractivity contribution in [3.8, 4) is 56.8 Å². The summed E-state index contributed by atoms with van der Waals surface area (Å²) in [7, 11) is 3.14. The summed E-state index contributed by atoms with van der Waals surface area (Å²) in [5.74, 6) is 1.16. The minimum absolute atomic E-state index is 0.0148. The van der Waals surface area contributed by atoms with Gasteiger partial charge in [0.15, 0.2) is 13.2 Å². The van der Waals surface area contributed by atoms with Crippen molar-refractivity contribution in [2.24, 2.45) is 0 Å². The number of aromatic hydroxyl groups is 4. The lowest BCUT2D eigenvalue weighted by atomic mass is 9.79. The van der Waals surface area contributed by atoms with E-state index in [1.807, 2.05) is 38.1 Å². The number of nitrogens with zero attached hydrogens (tertiary/aromatic N) is 1. The Hall–Kier alpha value is -5.64. The normalized spacial score (nSPS) is 11.6. The second-order valence-electron chi connectivity index (χ2n) is 16.4. The van der Waals surface area contributed by atoms with Gasteiger partial charge in [0, 0.05) is 11.1 Å². The van der Waals surface area contributed by atoms with Crippen molar-refractivity contribution < 1.29 is 44.7 Å². The molecule has 0 aliphatic rings. The summed E-state index contributed by atoms with van der Waals surface area (Å²) in [5, 5.41) is 44.6. The van der Waals surface area contributed by atoms with Crippen LogP contribution < -0.4 is 9.47 Å². The second kappa shape index (κ2) is 19.7. The number of allylic oxidation sites excluding steroid dienone is 2. The van der Waals surface area contributed by atoms with Crippen LogP contribution in [0.15, 0.2) is 73.8 Å². The molecule has 10 nitrogen and oxygen atoms in total. The van der Waals surface area contributed by atoms with E-state index in [0.29, 0.717) is 46.6 Å². The third kappa shape index (κ3) is 11.3. The van der Waals surface area contributed by atoms with E-state index in [9.17, 15) is 25.3 Å². The zero-order chi connectivity index (χ0) is 42.8. The van der Waals surface area contributed by atoms with Gasteiger partial charge in [-0.3, -0.25) is 0 Å². The van der Waals surface area contributed by atoms with Gasteiger partial charge in [-0.25, -0.2) is 0 Å². The molecule has 0 aliphatic heterocycles. The molecule has 0 fully saturated rings. The molecule has 0 unspecified atom stereocenters. The lowest BCUT2D eigenvalue weighted by Crippen LogP contribution is -2.17. The van der Waals surface area contributed by atoms with E-state index in [0.717, 1.165) is 71.9 Å². The van der Waals surface area contributed by atoms with Crippen molar-refractivity contribution in [3.63, 3.8) is 0 Å². The lowest BCUT2D eigenvalue weighted by molar-refractivity contribution is -0.981. The maximum Gasteiger partial charge on any atom is 0.477 e. The number of phenols is 4. The number of unbranched alkanes of at least 4 members (excludes halogenated alkanes) is 4. The molecule has 4 aromatic rings. The Labute approximate surface area is 343 Å². The summed E-state index contributed by atoms with van der Waals surface area (Å²) in [6.07, 6.45) is 6.28. The van der Waals surface area contributed by atoms with Crippen LogP contribution in [0.1, 0.15) is 115 Å². The molecule has 0 heterocycles. The molecule has 4 rings (SSSR count). The molecular formula is C48H62NO9+. The Morgan fingerprint density at radius 1 is 0.569 bits per heavy atom. The van der Waals surface area contributed by atoms with E-state index in [1.54, 1.807) is 50.6 Å². The van der Waals surface area contributed by atoms with Gasteiger partial charge < -0.3 is 29.9 Å². The number of benzene rings is 4. The molecular weight excluding hydrogens is 735 g/mol. The number of rotatable bonds is 22. The Morgan fingerprint density at radius 2 is 0.914 bits per heavy atom. The van der Waals surface area contributed by atoms with Gasteiger partial charge in [0.05, 0.1) is 25.3 Å². The topological polar surface area (TPSA) is 138 Å². The molecule has 0 spiro atoms. The van der Waals surface area contributed by atoms with Crippen LogP contribution in [0.4, 0.5) is 0 Å². The van der Waals surface area contributed by atoms with Crippen molar-refractivity contribution >= 4 is 11.1 Å². The second-order valence-corrected chi connectivity index (χ2v) is 16.4. The maximum atomic E-state index is 12.1. The largest absolute Gasteiger partial charge is 0.507 e. The van der Waals surface area contributed by atoms with Crippen LogP contribution in [-0.2, 0) is 20.5 Å². The standard InChI is InChI=1S/C48H61NO9/c1-31(2)37-19-17-35(55-9)29-39(37)45-41(50)25-33(26-42(45)51)47(5,6)21-13-11-15-23-57-49(54)58-24-16-12-14-22-48(7,8)34-27-43(52)46(44(53)28-34)40-30-36(56-10)18-20-38(40)32(3)4/h17-20,25-30H,1,3,11-16,21-24H2,2,4-10H3,(H3-,50,51,52,53)/p+1. The van der Waals surface area contributed by atoms with Crippen LogP contribution in [0.3, 0.4) is 0 Å². The van der Waals surface area contributed by atoms with Crippen LogP contribution in [0, 0.1) is 4.91 Å². The Morgan fingerprint density at radius 3 is 1.22 bits per heavy atom. The molecule has 58 heavy (non-hydrogen) atoms. The number of phenolic OH excluding ortho intramolecular Hbond substituents is 4. The number of methoxy groups -OCH3 is 2. The van der Waals surface area contributed by atoms with Crippen LogP contribution >= 0.6 is 0 Å². The van der Waals surface area contributed by atoms with Crippen LogP contribution in [0.5, 0.6) is 34.5 Å². The first-order valence-electron chi connectivity index (χ1n) is 19.9. The predicted molar refractivity (Wildman–Crippen MR) is 231 cm³/mol. The molecule has 4 aromatic carbocycles. The number of hydrogen-bond donors (Lipinski definition) is 4. The van der Waals surface area contributed by atoms with Gasteiger partial charge in [0.1, 0.15) is 39.4 Å². The smallest absolute Gasteiger partial charge is 0.477 e. The average molecular weight is 797 g/mol. The molecule has 4 N–H and O–H groups in total. The highest BCUT2D eigenvalue weighted by atomic mass is 17.0. The molecule has 0 bridgehead atoms. The van der Waals surface area contributed by atoms with E-state index in [4.69, 9.17) is 19.1 Å². The van der Waals surface area contributed by atoms with Crippen LogP contribution in [-0.4, -0.2) is 52.9 Å². The highest BCUT2D eigenvalue weighted by molar-refractivity contribution is 5.88. The summed E-state index contributed by atoms with van der Waals surface area (Å²) in [6.45, 7) is 20.6. The van der Waals surface area contributed by atoms with E-state index in [2.05, 4.69) is 40.9 Å². The number of ether oxygens (including phenoxy) is 2. The monoisotopic (exact) mass is 796 g/mol. The van der Waals surface area contributed by atoms with Crippen LogP contribution in [0.25, 0.3) is 33.4 Å². The molecule has 312 valence electrons. The Balaban J connectivity index is 1.17. The Bertz CT molecular complexity index is 1910. The molecule has 10 heteroatoms. The zero-order valence-electron chi connectivity index (χ0n) is 35.5. The van der Waals surface area contributed by atoms with Gasteiger partial charge in [0.2, 0.25) is 0 Å². The van der Waals surface area contributed by atoms with Gasteiger partial charge in [-0.15, -0.1) is 0 Å². The van der Waals surface area contributed by atoms with E-state index in [1.165, 1.54) is 0 Å². The quantitative estimate of drug-likeness (QED) is 0.0452. The summed E-state index contributed by atoms with van der Waals surface area (Å²) >= 11 is 0. The average Bonchev–Trinajstić information content (AvgIpc) is 3.16.